The second kappa shape index (κ2) is 3.17. The van der Waals surface area contributed by atoms with Crippen molar-refractivity contribution in [2.45, 2.75) is 26.3 Å². The second-order valence-corrected chi connectivity index (χ2v) is 3.17. The van der Waals surface area contributed by atoms with Crippen LogP contribution in [-0.4, -0.2) is 15.3 Å². The molecule has 0 N–H and O–H groups in total. The highest BCUT2D eigenvalue weighted by molar-refractivity contribution is 6.00. The summed E-state index contributed by atoms with van der Waals surface area (Å²) < 4.78 is 2.06. The molecule has 0 aliphatic heterocycles. The molecule has 1 aliphatic carbocycles. The Morgan fingerprint density at radius 3 is 3.00 bits per heavy atom. The molecule has 0 bridgehead atoms. The van der Waals surface area contributed by atoms with Crippen LogP contribution in [0.4, 0.5) is 0 Å². The lowest BCUT2D eigenvalue weighted by atomic mass is 10.2. The fraction of sp³-hybridized carbons (Fsp3) is 0.400. The third kappa shape index (κ3) is 1.41. The van der Waals surface area contributed by atoms with Crippen LogP contribution in [-0.2, 0) is 11.3 Å². The van der Waals surface area contributed by atoms with Crippen molar-refractivity contribution >= 4 is 11.4 Å². The van der Waals surface area contributed by atoms with Crippen molar-refractivity contribution in [3.63, 3.8) is 0 Å². The molecule has 1 aromatic rings. The lowest BCUT2D eigenvalue weighted by Gasteiger charge is -2.03. The predicted molar refractivity (Wildman–Crippen MR) is 50.1 cm³/mol. The van der Waals surface area contributed by atoms with Crippen LogP contribution in [0, 0.1) is 0 Å². The van der Waals surface area contributed by atoms with E-state index >= 15 is 0 Å². The molecule has 3 nitrogen and oxygen atoms in total. The minimum absolute atomic E-state index is 0.223. The molecule has 0 spiro atoms. The maximum absolute atomic E-state index is 11.0. The average Bonchev–Trinajstić information content (AvgIpc) is 2.71. The fourth-order valence-corrected chi connectivity index (χ4v) is 1.62. The van der Waals surface area contributed by atoms with Crippen LogP contribution in [0.3, 0.4) is 0 Å². The average molecular weight is 176 g/mol. The standard InChI is InChI=1S/C10H12N2O/c1-2-12-6-5-11-10(12)8-3-4-9(13)7-8/h5-7H,2-4H2,1H3. The van der Waals surface area contributed by atoms with Gasteiger partial charge in [-0.3, -0.25) is 4.79 Å². The van der Waals surface area contributed by atoms with Gasteiger partial charge in [0.15, 0.2) is 5.78 Å². The van der Waals surface area contributed by atoms with E-state index in [4.69, 9.17) is 0 Å². The Kier molecular flexibility index (Phi) is 2.00. The molecule has 1 aliphatic rings. The molecule has 0 unspecified atom stereocenters. The van der Waals surface area contributed by atoms with Crippen molar-refractivity contribution in [1.82, 2.24) is 9.55 Å². The zero-order chi connectivity index (χ0) is 9.26. The van der Waals surface area contributed by atoms with Gasteiger partial charge >= 0.3 is 0 Å². The van der Waals surface area contributed by atoms with E-state index < -0.39 is 0 Å². The van der Waals surface area contributed by atoms with Crippen molar-refractivity contribution in [3.8, 4) is 0 Å². The quantitative estimate of drug-likeness (QED) is 0.686. The van der Waals surface area contributed by atoms with Crippen molar-refractivity contribution in [2.24, 2.45) is 0 Å². The number of imidazole rings is 1. The van der Waals surface area contributed by atoms with E-state index in [1.54, 1.807) is 12.3 Å². The molecule has 68 valence electrons. The number of aryl methyl sites for hydroxylation is 1. The SMILES string of the molecule is CCn1ccnc1C1=CC(=O)CC1. The molecule has 0 radical (unpaired) electrons. The summed E-state index contributed by atoms with van der Waals surface area (Å²) in [6.07, 6.45) is 6.93. The van der Waals surface area contributed by atoms with Gasteiger partial charge < -0.3 is 4.57 Å². The first-order valence-electron chi connectivity index (χ1n) is 4.56. The number of carbonyl (C=O) groups is 1. The van der Waals surface area contributed by atoms with E-state index in [2.05, 4.69) is 16.5 Å². The van der Waals surface area contributed by atoms with Crippen molar-refractivity contribution in [2.75, 3.05) is 0 Å². The van der Waals surface area contributed by atoms with Crippen molar-refractivity contribution < 1.29 is 4.79 Å². The monoisotopic (exact) mass is 176 g/mol. The number of hydrogen-bond donors (Lipinski definition) is 0. The minimum atomic E-state index is 0.223. The molecule has 2 rings (SSSR count). The highest BCUT2D eigenvalue weighted by atomic mass is 16.1. The number of nitrogens with zero attached hydrogens (tertiary/aromatic N) is 2. The summed E-state index contributed by atoms with van der Waals surface area (Å²) in [5, 5.41) is 0. The predicted octanol–water partition coefficient (Wildman–Crippen LogP) is 1.65. The molecule has 1 heterocycles. The first-order chi connectivity index (χ1) is 6.31. The van der Waals surface area contributed by atoms with Crippen LogP contribution in [0.25, 0.3) is 5.57 Å². The van der Waals surface area contributed by atoms with Gasteiger partial charge in [0.25, 0.3) is 0 Å². The third-order valence-corrected chi connectivity index (χ3v) is 2.32. The topological polar surface area (TPSA) is 34.9 Å². The van der Waals surface area contributed by atoms with Crippen molar-refractivity contribution in [3.05, 3.63) is 24.3 Å². The summed E-state index contributed by atoms with van der Waals surface area (Å²) in [5.41, 5.74) is 1.08. The summed E-state index contributed by atoms with van der Waals surface area (Å²) in [6, 6.07) is 0. The zero-order valence-electron chi connectivity index (χ0n) is 7.66. The minimum Gasteiger partial charge on any atom is -0.332 e. The molecule has 0 amide bonds. The number of allylic oxidation sites excluding steroid dienone is 2. The Morgan fingerprint density at radius 1 is 1.54 bits per heavy atom. The molecule has 0 saturated heterocycles. The maximum Gasteiger partial charge on any atom is 0.156 e. The molecule has 0 aromatic carbocycles. The molecule has 13 heavy (non-hydrogen) atoms. The maximum atomic E-state index is 11.0. The summed E-state index contributed by atoms with van der Waals surface area (Å²) in [5.74, 6) is 1.18. The van der Waals surface area contributed by atoms with Crippen molar-refractivity contribution in [1.29, 1.82) is 0 Å². The number of hydrogen-bond acceptors (Lipinski definition) is 2. The molecule has 3 heteroatoms. The number of aromatic nitrogens is 2. The number of carbonyl (C=O) groups excluding carboxylic acids is 1. The summed E-state index contributed by atoms with van der Waals surface area (Å²) >= 11 is 0. The van der Waals surface area contributed by atoms with Gasteiger partial charge in [-0.2, -0.15) is 0 Å². The first kappa shape index (κ1) is 8.23. The largest absolute Gasteiger partial charge is 0.332 e. The highest BCUT2D eigenvalue weighted by Crippen LogP contribution is 2.24. The molecule has 0 saturated carbocycles. The van der Waals surface area contributed by atoms with Gasteiger partial charge in [-0.1, -0.05) is 0 Å². The lowest BCUT2D eigenvalue weighted by Crippen LogP contribution is -1.98. The van der Waals surface area contributed by atoms with Crippen LogP contribution in [0.15, 0.2) is 18.5 Å². The van der Waals surface area contributed by atoms with Gasteiger partial charge in [-0.15, -0.1) is 0 Å². The van der Waals surface area contributed by atoms with Crippen LogP contribution >= 0.6 is 0 Å². The summed E-state index contributed by atoms with van der Waals surface area (Å²) in [7, 11) is 0. The van der Waals surface area contributed by atoms with Crippen LogP contribution < -0.4 is 0 Å². The number of rotatable bonds is 2. The Labute approximate surface area is 77.1 Å². The van der Waals surface area contributed by atoms with Gasteiger partial charge in [-0.05, 0) is 25.0 Å². The van der Waals surface area contributed by atoms with Gasteiger partial charge in [0.1, 0.15) is 5.82 Å². The Morgan fingerprint density at radius 2 is 2.38 bits per heavy atom. The van der Waals surface area contributed by atoms with E-state index in [-0.39, 0.29) is 5.78 Å². The third-order valence-electron chi connectivity index (χ3n) is 2.32. The second-order valence-electron chi connectivity index (χ2n) is 3.17. The first-order valence-corrected chi connectivity index (χ1v) is 4.56. The molecule has 1 aromatic heterocycles. The Hall–Kier alpha value is -1.38. The summed E-state index contributed by atoms with van der Waals surface area (Å²) in [6.45, 7) is 2.98. The van der Waals surface area contributed by atoms with Crippen LogP contribution in [0.2, 0.25) is 0 Å². The molecular weight excluding hydrogens is 164 g/mol. The highest BCUT2D eigenvalue weighted by Gasteiger charge is 2.16. The molecule has 0 fully saturated rings. The van der Waals surface area contributed by atoms with Crippen LogP contribution in [0.1, 0.15) is 25.6 Å². The Bertz CT molecular complexity index is 363. The smallest absolute Gasteiger partial charge is 0.156 e. The summed E-state index contributed by atoms with van der Waals surface area (Å²) in [4.78, 5) is 15.3. The molecule has 0 atom stereocenters. The fourth-order valence-electron chi connectivity index (χ4n) is 1.62. The zero-order valence-corrected chi connectivity index (χ0v) is 7.66. The normalized spacial score (nSPS) is 16.4. The van der Waals surface area contributed by atoms with Gasteiger partial charge in [-0.25, -0.2) is 4.98 Å². The van der Waals surface area contributed by atoms with E-state index in [0.29, 0.717) is 6.42 Å². The van der Waals surface area contributed by atoms with Crippen LogP contribution in [0.5, 0.6) is 0 Å². The Balaban J connectivity index is 2.35. The van der Waals surface area contributed by atoms with Gasteiger partial charge in [0.2, 0.25) is 0 Å². The van der Waals surface area contributed by atoms with E-state index in [9.17, 15) is 4.79 Å². The van der Waals surface area contributed by atoms with E-state index in [0.717, 1.165) is 24.4 Å². The van der Waals surface area contributed by atoms with Gasteiger partial charge in [0.05, 0.1) is 0 Å². The van der Waals surface area contributed by atoms with E-state index in [1.807, 2.05) is 6.20 Å². The lowest BCUT2D eigenvalue weighted by molar-refractivity contribution is -0.114. The van der Waals surface area contributed by atoms with Gasteiger partial charge in [0, 0.05) is 25.4 Å². The molecular formula is C10H12N2O. The van der Waals surface area contributed by atoms with E-state index in [1.165, 1.54) is 0 Å². The number of ketones is 1.